The lowest BCUT2D eigenvalue weighted by molar-refractivity contribution is -0.145. The normalized spacial score (nSPS) is 12.3. The minimum atomic E-state index is -0.164. The highest BCUT2D eigenvalue weighted by Crippen LogP contribution is 2.26. The summed E-state index contributed by atoms with van der Waals surface area (Å²) < 4.78 is 18.0. The van der Waals surface area contributed by atoms with Crippen LogP contribution in [0.1, 0.15) is 104 Å². The van der Waals surface area contributed by atoms with Crippen LogP contribution in [0.4, 0.5) is 0 Å². The Labute approximate surface area is 222 Å². The summed E-state index contributed by atoms with van der Waals surface area (Å²) in [7, 11) is 1.50. The lowest BCUT2D eigenvalue weighted by Gasteiger charge is -2.19. The standard InChI is InChI=1S/C29H51NO4.CH5N/c1-6-11-14-24(8-3)21-32-27-18-26(23-34-29(31)16-13-17-30-10-5)19-28(20-27)33-22-25(9-4)15-12-7-2;1-2/h18-20,24-25,30H,6-17,21-23H2,1-5H3;2H2,1H3. The fraction of sp³-hybridized carbons (Fsp3) is 0.767. The van der Waals surface area contributed by atoms with Crippen LogP contribution in [0.25, 0.3) is 0 Å². The Bertz CT molecular complexity index is 616. The Kier molecular flexibility index (Phi) is 22.4. The number of hydrogen-bond donors (Lipinski definition) is 2. The summed E-state index contributed by atoms with van der Waals surface area (Å²) in [6, 6.07) is 5.96. The maximum Gasteiger partial charge on any atom is 0.306 e. The molecule has 36 heavy (non-hydrogen) atoms. The van der Waals surface area contributed by atoms with Crippen LogP contribution in [-0.2, 0) is 16.1 Å². The van der Waals surface area contributed by atoms with Crippen LogP contribution in [0.5, 0.6) is 11.5 Å². The Balaban J connectivity index is 0.00000596. The van der Waals surface area contributed by atoms with Crippen molar-refractivity contribution in [2.45, 2.75) is 105 Å². The summed E-state index contributed by atoms with van der Waals surface area (Å²) in [5.74, 6) is 2.55. The van der Waals surface area contributed by atoms with Crippen LogP contribution in [0.15, 0.2) is 18.2 Å². The number of carbonyl (C=O) groups excluding carboxylic acids is 1. The first-order chi connectivity index (χ1) is 17.6. The van der Waals surface area contributed by atoms with Gasteiger partial charge in [0.25, 0.3) is 0 Å². The third-order valence-corrected chi connectivity index (χ3v) is 6.38. The van der Waals surface area contributed by atoms with Gasteiger partial charge in [0.2, 0.25) is 0 Å². The molecule has 0 heterocycles. The van der Waals surface area contributed by atoms with E-state index in [4.69, 9.17) is 14.2 Å². The Morgan fingerprint density at radius 3 is 1.81 bits per heavy atom. The molecule has 210 valence electrons. The van der Waals surface area contributed by atoms with Gasteiger partial charge in [-0.2, -0.15) is 0 Å². The second-order valence-corrected chi connectivity index (χ2v) is 9.39. The summed E-state index contributed by atoms with van der Waals surface area (Å²) in [5.41, 5.74) is 5.41. The van der Waals surface area contributed by atoms with Crippen molar-refractivity contribution >= 4 is 5.97 Å². The van der Waals surface area contributed by atoms with Crippen LogP contribution in [0.2, 0.25) is 0 Å². The van der Waals surface area contributed by atoms with Crippen molar-refractivity contribution in [3.63, 3.8) is 0 Å². The summed E-state index contributed by atoms with van der Waals surface area (Å²) in [4.78, 5) is 12.1. The molecule has 6 nitrogen and oxygen atoms in total. The van der Waals surface area contributed by atoms with Crippen LogP contribution in [0.3, 0.4) is 0 Å². The molecular formula is C30H56N2O4. The molecule has 2 atom stereocenters. The molecule has 1 rings (SSSR count). The lowest BCUT2D eigenvalue weighted by Crippen LogP contribution is -2.16. The van der Waals surface area contributed by atoms with Gasteiger partial charge in [0.05, 0.1) is 13.2 Å². The number of esters is 1. The van der Waals surface area contributed by atoms with Gasteiger partial charge in [-0.1, -0.05) is 73.1 Å². The minimum absolute atomic E-state index is 0.164. The Morgan fingerprint density at radius 2 is 1.36 bits per heavy atom. The minimum Gasteiger partial charge on any atom is -0.493 e. The van der Waals surface area contributed by atoms with Crippen LogP contribution < -0.4 is 20.5 Å². The average Bonchev–Trinajstić information content (AvgIpc) is 2.91. The highest BCUT2D eigenvalue weighted by atomic mass is 16.5. The van der Waals surface area contributed by atoms with E-state index in [0.717, 1.165) is 49.4 Å². The first-order valence-corrected chi connectivity index (χ1v) is 14.4. The van der Waals surface area contributed by atoms with Gasteiger partial charge in [0, 0.05) is 12.5 Å². The molecule has 6 heteroatoms. The molecule has 0 spiro atoms. The average molecular weight is 509 g/mol. The smallest absolute Gasteiger partial charge is 0.306 e. The number of ether oxygens (including phenoxy) is 3. The van der Waals surface area contributed by atoms with Gasteiger partial charge in [-0.3, -0.25) is 4.79 Å². The quantitative estimate of drug-likeness (QED) is 0.139. The number of nitrogens with two attached hydrogens (primary N) is 1. The van der Waals surface area contributed by atoms with E-state index in [0.29, 0.717) is 31.5 Å². The Morgan fingerprint density at radius 1 is 0.833 bits per heavy atom. The molecule has 0 saturated heterocycles. The van der Waals surface area contributed by atoms with E-state index in [1.165, 1.54) is 45.6 Å². The van der Waals surface area contributed by atoms with Crippen molar-refractivity contribution in [1.82, 2.24) is 5.32 Å². The number of benzene rings is 1. The SMILES string of the molecule is CCCCC(CC)COc1cc(COC(=O)CCCNCC)cc(OCC(CC)CCCC)c1.CN. The number of carbonyl (C=O) groups is 1. The number of unbranched alkanes of at least 4 members (excludes halogenated alkanes) is 2. The highest BCUT2D eigenvalue weighted by Gasteiger charge is 2.12. The van der Waals surface area contributed by atoms with Gasteiger partial charge in [-0.25, -0.2) is 0 Å². The van der Waals surface area contributed by atoms with Crippen molar-refractivity contribution in [2.24, 2.45) is 17.6 Å². The highest BCUT2D eigenvalue weighted by molar-refractivity contribution is 5.69. The topological polar surface area (TPSA) is 82.8 Å². The fourth-order valence-corrected chi connectivity index (χ4v) is 3.88. The second kappa shape index (κ2) is 23.6. The van der Waals surface area contributed by atoms with Crippen molar-refractivity contribution < 1.29 is 19.0 Å². The monoisotopic (exact) mass is 508 g/mol. The van der Waals surface area contributed by atoms with E-state index in [2.05, 4.69) is 45.7 Å². The van der Waals surface area contributed by atoms with E-state index < -0.39 is 0 Å². The van der Waals surface area contributed by atoms with Gasteiger partial charge in [-0.05, 0) is 68.9 Å². The van der Waals surface area contributed by atoms with Crippen molar-refractivity contribution in [2.75, 3.05) is 33.4 Å². The molecule has 0 aliphatic rings. The number of nitrogens with one attached hydrogen (secondary N) is 1. The molecule has 0 aliphatic carbocycles. The van der Waals surface area contributed by atoms with Crippen molar-refractivity contribution in [1.29, 1.82) is 0 Å². The largest absolute Gasteiger partial charge is 0.493 e. The first kappa shape index (κ1) is 34.2. The summed E-state index contributed by atoms with van der Waals surface area (Å²) in [5, 5.41) is 3.23. The second-order valence-electron chi connectivity index (χ2n) is 9.39. The third kappa shape index (κ3) is 16.8. The van der Waals surface area contributed by atoms with E-state index in [1.54, 1.807) is 0 Å². The van der Waals surface area contributed by atoms with E-state index in [9.17, 15) is 4.79 Å². The van der Waals surface area contributed by atoms with Gasteiger partial charge in [0.15, 0.2) is 0 Å². The zero-order valence-corrected chi connectivity index (χ0v) is 24.2. The van der Waals surface area contributed by atoms with Crippen molar-refractivity contribution in [3.8, 4) is 11.5 Å². The maximum atomic E-state index is 12.1. The molecule has 1 aromatic rings. The molecule has 0 aliphatic heterocycles. The molecule has 0 amide bonds. The van der Waals surface area contributed by atoms with E-state index >= 15 is 0 Å². The van der Waals surface area contributed by atoms with Gasteiger partial charge < -0.3 is 25.3 Å². The van der Waals surface area contributed by atoms with E-state index in [-0.39, 0.29) is 12.6 Å². The first-order valence-electron chi connectivity index (χ1n) is 14.4. The fourth-order valence-electron chi connectivity index (χ4n) is 3.88. The van der Waals surface area contributed by atoms with Gasteiger partial charge in [-0.15, -0.1) is 0 Å². The predicted octanol–water partition coefficient (Wildman–Crippen LogP) is 6.88. The third-order valence-electron chi connectivity index (χ3n) is 6.38. The molecule has 0 bridgehead atoms. The summed E-state index contributed by atoms with van der Waals surface area (Å²) >= 11 is 0. The number of hydrogen-bond acceptors (Lipinski definition) is 6. The number of rotatable bonds is 21. The summed E-state index contributed by atoms with van der Waals surface area (Å²) in [6.07, 6.45) is 10.7. The van der Waals surface area contributed by atoms with Crippen LogP contribution in [-0.4, -0.2) is 39.3 Å². The zero-order valence-electron chi connectivity index (χ0n) is 24.2. The Hall–Kier alpha value is -1.79. The van der Waals surface area contributed by atoms with E-state index in [1.807, 2.05) is 18.2 Å². The van der Waals surface area contributed by atoms with Crippen LogP contribution in [0, 0.1) is 11.8 Å². The van der Waals surface area contributed by atoms with Crippen molar-refractivity contribution in [3.05, 3.63) is 23.8 Å². The molecule has 0 aromatic heterocycles. The predicted molar refractivity (Wildman–Crippen MR) is 152 cm³/mol. The summed E-state index contributed by atoms with van der Waals surface area (Å²) in [6.45, 7) is 14.4. The molecule has 0 fully saturated rings. The molecule has 0 radical (unpaired) electrons. The lowest BCUT2D eigenvalue weighted by atomic mass is 10.0. The van der Waals surface area contributed by atoms with Gasteiger partial charge >= 0.3 is 5.97 Å². The van der Waals surface area contributed by atoms with Gasteiger partial charge in [0.1, 0.15) is 18.1 Å². The molecular weight excluding hydrogens is 452 g/mol. The molecule has 1 aromatic carbocycles. The zero-order chi connectivity index (χ0) is 27.0. The maximum absolute atomic E-state index is 12.1. The molecule has 2 unspecified atom stereocenters. The van der Waals surface area contributed by atoms with Crippen LogP contribution >= 0.6 is 0 Å². The molecule has 0 saturated carbocycles. The molecule has 3 N–H and O–H groups in total.